The van der Waals surface area contributed by atoms with E-state index < -0.39 is 8.32 Å². The van der Waals surface area contributed by atoms with Gasteiger partial charge in [0.1, 0.15) is 0 Å². The van der Waals surface area contributed by atoms with Gasteiger partial charge in [-0.2, -0.15) is 0 Å². The van der Waals surface area contributed by atoms with Crippen LogP contribution in [-0.4, -0.2) is 27.5 Å². The Kier molecular flexibility index (Phi) is 5.81. The number of esters is 1. The second-order valence-electron chi connectivity index (χ2n) is 6.32. The van der Waals surface area contributed by atoms with Gasteiger partial charge in [0.25, 0.3) is 0 Å². The van der Waals surface area contributed by atoms with Crippen LogP contribution in [0.15, 0.2) is 11.1 Å². The first-order valence-corrected chi connectivity index (χ1v) is 9.28. The lowest BCUT2D eigenvalue weighted by Gasteiger charge is -2.38. The van der Waals surface area contributed by atoms with Crippen LogP contribution >= 0.6 is 0 Å². The lowest BCUT2D eigenvalue weighted by Crippen LogP contribution is -2.43. The van der Waals surface area contributed by atoms with E-state index in [-0.39, 0.29) is 17.1 Å². The highest BCUT2D eigenvalue weighted by Gasteiger charge is 2.38. The van der Waals surface area contributed by atoms with Crippen LogP contribution in [0.25, 0.3) is 0 Å². The summed E-state index contributed by atoms with van der Waals surface area (Å²) in [5.41, 5.74) is 1.59. The van der Waals surface area contributed by atoms with E-state index >= 15 is 0 Å². The number of carbonyl (C=O) groups is 1. The van der Waals surface area contributed by atoms with Crippen molar-refractivity contribution in [2.24, 2.45) is 0 Å². The average molecular weight is 272 g/mol. The Morgan fingerprint density at radius 2 is 1.61 bits per heavy atom. The zero-order chi connectivity index (χ0) is 14.7. The van der Waals surface area contributed by atoms with Gasteiger partial charge in [-0.05, 0) is 44.5 Å². The monoisotopic (exact) mass is 272 g/mol. The molecule has 0 saturated carbocycles. The summed E-state index contributed by atoms with van der Waals surface area (Å²) < 4.78 is 11.0. The minimum atomic E-state index is -1.81. The Balaban J connectivity index is 5.00. The van der Waals surface area contributed by atoms with E-state index in [9.17, 15) is 4.79 Å². The molecule has 0 aliphatic carbocycles. The molecule has 0 aromatic heterocycles. The van der Waals surface area contributed by atoms with Crippen molar-refractivity contribution in [1.82, 2.24) is 0 Å². The molecule has 0 aromatic rings. The van der Waals surface area contributed by atoms with Gasteiger partial charge >= 0.3 is 5.97 Å². The molecule has 106 valence electrons. The Morgan fingerprint density at radius 1 is 1.17 bits per heavy atom. The van der Waals surface area contributed by atoms with E-state index in [1.807, 2.05) is 13.8 Å². The summed E-state index contributed by atoms with van der Waals surface area (Å²) in [6, 6.07) is 0. The summed E-state index contributed by atoms with van der Waals surface area (Å²) in [6.07, 6.45) is -0.0509. The Bertz CT molecular complexity index is 337. The molecule has 4 heteroatoms. The summed E-state index contributed by atoms with van der Waals surface area (Å²) in [5, 5.41) is 0.167. The number of carbonyl (C=O) groups excluding carboxylic acids is 1. The van der Waals surface area contributed by atoms with Gasteiger partial charge in [-0.15, -0.1) is 0 Å². The normalized spacial score (nSPS) is 16.1. The van der Waals surface area contributed by atoms with Gasteiger partial charge in [-0.1, -0.05) is 20.8 Å². The molecule has 0 radical (unpaired) electrons. The van der Waals surface area contributed by atoms with E-state index in [0.717, 1.165) is 5.57 Å². The van der Waals surface area contributed by atoms with Gasteiger partial charge < -0.3 is 9.16 Å². The lowest BCUT2D eigenvalue weighted by atomic mass is 10.1. The SMILES string of the molecule is COC(=O)/C(C)=C(/C)C(C)O[Si](C)(C)C(C)(C)C. The minimum absolute atomic E-state index is 0.0509. The molecule has 0 heterocycles. The van der Waals surface area contributed by atoms with E-state index in [0.29, 0.717) is 5.57 Å². The van der Waals surface area contributed by atoms with Gasteiger partial charge in [0, 0.05) is 5.57 Å². The third-order valence-corrected chi connectivity index (χ3v) is 8.53. The highest BCUT2D eigenvalue weighted by Crippen LogP contribution is 2.38. The molecule has 0 saturated heterocycles. The first kappa shape index (κ1) is 17.4. The van der Waals surface area contributed by atoms with Gasteiger partial charge in [-0.3, -0.25) is 0 Å². The van der Waals surface area contributed by atoms with E-state index in [1.165, 1.54) is 7.11 Å². The minimum Gasteiger partial charge on any atom is -0.466 e. The summed E-state index contributed by atoms with van der Waals surface area (Å²) in [6.45, 7) is 16.8. The van der Waals surface area contributed by atoms with Crippen LogP contribution in [0.4, 0.5) is 0 Å². The fourth-order valence-corrected chi connectivity index (χ4v) is 2.74. The summed E-state index contributed by atoms with van der Waals surface area (Å²) in [4.78, 5) is 11.5. The van der Waals surface area contributed by atoms with E-state index in [4.69, 9.17) is 9.16 Å². The molecular weight excluding hydrogens is 244 g/mol. The first-order valence-electron chi connectivity index (χ1n) is 6.37. The Labute approximate surface area is 113 Å². The van der Waals surface area contributed by atoms with Crippen molar-refractivity contribution in [1.29, 1.82) is 0 Å². The number of hydrogen-bond donors (Lipinski definition) is 0. The lowest BCUT2D eigenvalue weighted by molar-refractivity contribution is -0.136. The van der Waals surface area contributed by atoms with Gasteiger partial charge in [0.15, 0.2) is 8.32 Å². The topological polar surface area (TPSA) is 35.5 Å². The largest absolute Gasteiger partial charge is 0.466 e. The van der Waals surface area contributed by atoms with Crippen LogP contribution in [-0.2, 0) is 14.0 Å². The zero-order valence-electron chi connectivity index (χ0n) is 13.3. The highest BCUT2D eigenvalue weighted by atomic mass is 28.4. The molecule has 0 spiro atoms. The summed E-state index contributed by atoms with van der Waals surface area (Å²) in [7, 11) is -0.407. The van der Waals surface area contributed by atoms with Gasteiger partial charge in [0.2, 0.25) is 0 Å². The van der Waals surface area contributed by atoms with Crippen molar-refractivity contribution in [2.45, 2.75) is 65.8 Å². The van der Waals surface area contributed by atoms with Gasteiger partial charge in [0.05, 0.1) is 13.2 Å². The molecule has 0 aromatic carbocycles. The standard InChI is InChI=1S/C14H28O3Si/c1-10(11(2)13(15)16-7)12(3)17-18(8,9)14(4,5)6/h12H,1-9H3/b11-10-. The fourth-order valence-electron chi connectivity index (χ4n) is 1.33. The van der Waals surface area contributed by atoms with Crippen LogP contribution in [0.1, 0.15) is 41.5 Å². The maximum atomic E-state index is 11.5. The highest BCUT2D eigenvalue weighted by molar-refractivity contribution is 6.74. The summed E-state index contributed by atoms with van der Waals surface area (Å²) in [5.74, 6) is -0.279. The van der Waals surface area contributed by atoms with Gasteiger partial charge in [-0.25, -0.2) is 4.79 Å². The van der Waals surface area contributed by atoms with Crippen molar-refractivity contribution in [3.63, 3.8) is 0 Å². The average Bonchev–Trinajstić information content (AvgIpc) is 2.23. The van der Waals surface area contributed by atoms with Crippen LogP contribution in [0.2, 0.25) is 18.1 Å². The van der Waals surface area contributed by atoms with E-state index in [1.54, 1.807) is 6.92 Å². The van der Waals surface area contributed by atoms with E-state index in [2.05, 4.69) is 33.9 Å². The van der Waals surface area contributed by atoms with Crippen LogP contribution < -0.4 is 0 Å². The molecular formula is C14H28O3Si. The van der Waals surface area contributed by atoms with Crippen LogP contribution in [0, 0.1) is 0 Å². The molecule has 3 nitrogen and oxygen atoms in total. The van der Waals surface area contributed by atoms with Crippen molar-refractivity contribution < 1.29 is 14.0 Å². The molecule has 0 bridgehead atoms. The number of rotatable bonds is 4. The molecule has 0 amide bonds. The molecule has 18 heavy (non-hydrogen) atoms. The third kappa shape index (κ3) is 4.25. The molecule has 1 atom stereocenters. The Hall–Kier alpha value is -0.613. The molecule has 0 aliphatic rings. The fraction of sp³-hybridized carbons (Fsp3) is 0.786. The maximum absolute atomic E-state index is 11.5. The molecule has 0 aliphatic heterocycles. The maximum Gasteiger partial charge on any atom is 0.333 e. The van der Waals surface area contributed by atoms with Crippen LogP contribution in [0.5, 0.6) is 0 Å². The smallest absolute Gasteiger partial charge is 0.333 e. The Morgan fingerprint density at radius 3 is 1.94 bits per heavy atom. The van der Waals surface area contributed by atoms with Crippen molar-refractivity contribution in [3.05, 3.63) is 11.1 Å². The quantitative estimate of drug-likeness (QED) is 0.442. The number of methoxy groups -OCH3 is 1. The van der Waals surface area contributed by atoms with Crippen LogP contribution in [0.3, 0.4) is 0 Å². The van der Waals surface area contributed by atoms with Crippen molar-refractivity contribution in [2.75, 3.05) is 7.11 Å². The predicted octanol–water partition coefficient (Wildman–Crippen LogP) is 3.91. The van der Waals surface area contributed by atoms with Crippen molar-refractivity contribution >= 4 is 14.3 Å². The number of hydrogen-bond acceptors (Lipinski definition) is 3. The molecule has 0 N–H and O–H groups in total. The summed E-state index contributed by atoms with van der Waals surface area (Å²) >= 11 is 0. The molecule has 1 unspecified atom stereocenters. The number of ether oxygens (including phenoxy) is 1. The molecule has 0 rings (SSSR count). The second kappa shape index (κ2) is 6.02. The molecule has 0 fully saturated rings. The predicted molar refractivity (Wildman–Crippen MR) is 78.1 cm³/mol. The first-order chi connectivity index (χ1) is 7.94. The third-order valence-electron chi connectivity index (χ3n) is 3.97. The second-order valence-corrected chi connectivity index (χ2v) is 11.1. The zero-order valence-corrected chi connectivity index (χ0v) is 14.3. The van der Waals surface area contributed by atoms with Crippen molar-refractivity contribution in [3.8, 4) is 0 Å².